The molecule has 0 unspecified atom stereocenters. The summed E-state index contributed by atoms with van der Waals surface area (Å²) < 4.78 is 0. The first-order chi connectivity index (χ1) is 4.33. The van der Waals surface area contributed by atoms with Crippen LogP contribution in [-0.2, 0) is 283 Å². The Labute approximate surface area is 339 Å². The average Bonchev–Trinajstić information content (AvgIpc) is 1.91. The molecule has 0 aliphatic heterocycles. The van der Waals surface area contributed by atoms with Crippen LogP contribution in [0.4, 0.5) is 0 Å². The van der Waals surface area contributed by atoms with Crippen LogP contribution < -0.4 is 0 Å². The van der Waals surface area contributed by atoms with Crippen molar-refractivity contribution in [3.8, 4) is 0 Å². The second-order valence-corrected chi connectivity index (χ2v) is 1.77. The minimum Gasteiger partial charge on any atom is -0.358 e. The van der Waals surface area contributed by atoms with E-state index in [1.807, 2.05) is 0 Å². The van der Waals surface area contributed by atoms with Crippen LogP contribution in [0.2, 0.25) is 0 Å². The molecule has 19 heavy (non-hydrogen) atoms. The smallest absolute Gasteiger partial charge is 0.358 e. The van der Waals surface area contributed by atoms with E-state index in [4.69, 9.17) is 0 Å². The molecule has 0 saturated carbocycles. The third kappa shape index (κ3) is 114. The van der Waals surface area contributed by atoms with Gasteiger partial charge in [0.05, 0.1) is 0 Å². The first kappa shape index (κ1) is 79.1. The van der Waals surface area contributed by atoms with Crippen molar-refractivity contribution in [1.29, 1.82) is 0 Å². The molecule has 0 nitrogen and oxygen atoms in total. The largest absolute Gasteiger partial charge is 2.00 e. The van der Waals surface area contributed by atoms with Crippen LogP contribution in [0, 0.1) is 35.1 Å². The third-order valence-corrected chi connectivity index (χ3v) is 0.750. The summed E-state index contributed by atoms with van der Waals surface area (Å²) in [5.41, 5.74) is 0. The molecule has 0 bridgehead atoms. The van der Waals surface area contributed by atoms with Crippen LogP contribution in [0.1, 0.15) is 32.1 Å². The van der Waals surface area contributed by atoms with Gasteiger partial charge in [-0.3, -0.25) is 0 Å². The maximum absolute atomic E-state index is 3.64. The topological polar surface area (TPSA) is 0 Å². The molecule has 0 fully saturated rings. The van der Waals surface area contributed by atoms with Gasteiger partial charge in [-0.1, -0.05) is 0 Å². The van der Waals surface area contributed by atoms with E-state index in [-0.39, 0.29) is 290 Å². The molecular weight excluding hydrogens is 1020 g/mol. The van der Waals surface area contributed by atoms with Crippen LogP contribution in [-0.4, -0.2) is 0 Å². The molecule has 0 atom stereocenters. The van der Waals surface area contributed by atoms with E-state index < -0.39 is 0 Å². The van der Waals surface area contributed by atoms with Crippen LogP contribution in [0.15, 0.2) is 0 Å². The van der Waals surface area contributed by atoms with Gasteiger partial charge < -0.3 is 35.1 Å². The summed E-state index contributed by atoms with van der Waals surface area (Å²) in [4.78, 5) is 0. The van der Waals surface area contributed by atoms with Gasteiger partial charge in [0, 0.05) is 262 Å². The maximum atomic E-state index is 3.64. The molecule has 0 aromatic carbocycles. The SMILES string of the molecule is [CH2-]CCC[CH2-].[CH2-]CC[CH2-].[CH3-].[W+2].[Y].[Y].[Y].[Y].[Y].[Y].[Y].[Y]. The van der Waals surface area contributed by atoms with Crippen LogP contribution in [0.3, 0.4) is 0 Å². The average molecular weight is 1040 g/mol. The second kappa shape index (κ2) is 91.8. The zero-order valence-electron chi connectivity index (χ0n) is 12.4. The van der Waals surface area contributed by atoms with E-state index in [1.165, 1.54) is 6.42 Å². The molecule has 0 aromatic heterocycles. The summed E-state index contributed by atoms with van der Waals surface area (Å²) >= 11 is 0. The van der Waals surface area contributed by atoms with Gasteiger partial charge in [-0.25, -0.2) is 12.8 Å². The van der Waals surface area contributed by atoms with Gasteiger partial charge >= 0.3 is 21.1 Å². The standard InChI is InChI=1S/C5H10.C4H8.CH3.W.8Y/c1-3-5-4-2;1-3-4-2;;;;;;;;;;/h1-5H2;1-4H2;1H3;;;;;;;;;/q2*-2;-1;+2;;;;;;;;. The van der Waals surface area contributed by atoms with Crippen molar-refractivity contribution in [2.75, 3.05) is 0 Å². The monoisotopic (exact) mass is 1040 g/mol. The molecule has 0 amide bonds. The molecule has 9 heteroatoms. The number of hydrogen-bond donors (Lipinski definition) is 0. The molecule has 0 spiro atoms. The van der Waals surface area contributed by atoms with E-state index in [0.717, 1.165) is 25.7 Å². The molecule has 0 aromatic rings. The molecule has 0 saturated heterocycles. The molecule has 0 rings (SSSR count). The number of unbranched alkanes of at least 4 members (excludes halogenated alkanes) is 3. The summed E-state index contributed by atoms with van der Waals surface area (Å²) in [6.45, 7) is 14.4. The number of rotatable bonds is 3. The van der Waals surface area contributed by atoms with Crippen molar-refractivity contribution in [2.24, 2.45) is 0 Å². The predicted molar refractivity (Wildman–Crippen MR) is 50.9 cm³/mol. The molecule has 0 aliphatic carbocycles. The zero-order valence-corrected chi connectivity index (χ0v) is 38.0. The Morgan fingerprint density at radius 3 is 0.579 bits per heavy atom. The molecule has 0 heterocycles. The Balaban J connectivity index is -0.00000000340. The Morgan fingerprint density at radius 2 is 0.579 bits per heavy atom. The Kier molecular flexibility index (Phi) is 382. The minimum absolute atomic E-state index is 0. The predicted octanol–water partition coefficient (Wildman–Crippen LogP) is 3.69. The second-order valence-electron chi connectivity index (χ2n) is 1.77. The van der Waals surface area contributed by atoms with Gasteiger partial charge in [0.2, 0.25) is 0 Å². The normalized spacial score (nSPS) is 3.79. The van der Waals surface area contributed by atoms with Gasteiger partial charge in [0.25, 0.3) is 0 Å². The summed E-state index contributed by atoms with van der Waals surface area (Å²) in [6.07, 6.45) is 5.15. The fourth-order valence-corrected chi connectivity index (χ4v) is 0.177. The Morgan fingerprint density at radius 1 is 0.421 bits per heavy atom. The van der Waals surface area contributed by atoms with Crippen molar-refractivity contribution in [3.63, 3.8) is 0 Å². The summed E-state index contributed by atoms with van der Waals surface area (Å²) in [6, 6.07) is 0. The first-order valence-electron chi connectivity index (χ1n) is 3.50. The van der Waals surface area contributed by atoms with E-state index in [1.54, 1.807) is 0 Å². The van der Waals surface area contributed by atoms with E-state index in [9.17, 15) is 0 Å². The van der Waals surface area contributed by atoms with Gasteiger partial charge in [0.1, 0.15) is 0 Å². The van der Waals surface area contributed by atoms with Gasteiger partial charge in [-0.2, -0.15) is 12.8 Å². The molecule has 0 aliphatic rings. The Hall–Kier alpha value is 9.52. The van der Waals surface area contributed by atoms with E-state index >= 15 is 0 Å². The van der Waals surface area contributed by atoms with E-state index in [2.05, 4.69) is 27.7 Å². The van der Waals surface area contributed by atoms with Crippen molar-refractivity contribution in [1.82, 2.24) is 0 Å². The van der Waals surface area contributed by atoms with E-state index in [0.29, 0.717) is 0 Å². The molecular formula is C10H21WY8-3. The fourth-order valence-electron chi connectivity index (χ4n) is 0.177. The molecule has 8 radical (unpaired) electrons. The van der Waals surface area contributed by atoms with Crippen molar-refractivity contribution in [2.45, 2.75) is 32.1 Å². The first-order valence-corrected chi connectivity index (χ1v) is 3.50. The number of hydrogen-bond acceptors (Lipinski definition) is 0. The summed E-state index contributed by atoms with van der Waals surface area (Å²) in [5.74, 6) is 0. The molecule has 0 N–H and O–H groups in total. The van der Waals surface area contributed by atoms with Crippen molar-refractivity contribution >= 4 is 0 Å². The quantitative estimate of drug-likeness (QED) is 0.380. The summed E-state index contributed by atoms with van der Waals surface area (Å²) in [7, 11) is 0. The van der Waals surface area contributed by atoms with Crippen LogP contribution in [0.25, 0.3) is 0 Å². The van der Waals surface area contributed by atoms with Crippen LogP contribution in [0.5, 0.6) is 0 Å². The Bertz CT molecular complexity index is 42.7. The minimum atomic E-state index is 0. The van der Waals surface area contributed by atoms with Crippen molar-refractivity contribution < 1.29 is 283 Å². The van der Waals surface area contributed by atoms with Gasteiger partial charge in [-0.15, -0.1) is 6.42 Å². The summed E-state index contributed by atoms with van der Waals surface area (Å²) in [5, 5.41) is 0. The van der Waals surface area contributed by atoms with Gasteiger partial charge in [0.15, 0.2) is 0 Å². The third-order valence-electron chi connectivity index (χ3n) is 0.750. The molecule has 94 valence electrons. The van der Waals surface area contributed by atoms with Gasteiger partial charge in [-0.05, 0) is 0 Å². The van der Waals surface area contributed by atoms with Crippen molar-refractivity contribution in [3.05, 3.63) is 35.1 Å². The fraction of sp³-hybridized carbons (Fsp3) is 0.500. The zero-order chi connectivity index (χ0) is 7.54. The maximum Gasteiger partial charge on any atom is 2.00 e. The van der Waals surface area contributed by atoms with Crippen LogP contribution >= 0.6 is 0 Å².